The molecule has 0 saturated carbocycles. The molecule has 5 heteroatoms. The maximum atomic E-state index is 6.15. The number of nitrogens with zero attached hydrogens (tertiary/aromatic N) is 1. The first-order valence-corrected chi connectivity index (χ1v) is 6.95. The van der Waals surface area contributed by atoms with Crippen LogP contribution in [0.15, 0.2) is 29.8 Å². The van der Waals surface area contributed by atoms with Crippen molar-refractivity contribution in [2.75, 3.05) is 14.2 Å². The molecule has 0 amide bonds. The van der Waals surface area contributed by atoms with Crippen LogP contribution < -0.4 is 15.2 Å². The zero-order chi connectivity index (χ0) is 13.7. The fraction of sp³-hybridized carbons (Fsp3) is 0.357. The molecular weight excluding hydrogens is 260 g/mol. The van der Waals surface area contributed by atoms with E-state index in [4.69, 9.17) is 15.2 Å². The maximum absolute atomic E-state index is 6.15. The van der Waals surface area contributed by atoms with Crippen LogP contribution in [0.25, 0.3) is 0 Å². The molecule has 0 saturated heterocycles. The third-order valence-electron chi connectivity index (χ3n) is 2.87. The summed E-state index contributed by atoms with van der Waals surface area (Å²) in [6.07, 6.45) is 3.40. The van der Waals surface area contributed by atoms with Gasteiger partial charge in [-0.05, 0) is 24.1 Å². The smallest absolute Gasteiger partial charge is 0.160 e. The normalized spacial score (nSPS) is 12.2. The average molecular weight is 278 g/mol. The van der Waals surface area contributed by atoms with Crippen molar-refractivity contribution in [2.24, 2.45) is 5.73 Å². The fourth-order valence-corrected chi connectivity index (χ4v) is 2.67. The van der Waals surface area contributed by atoms with Crippen LogP contribution in [0.2, 0.25) is 0 Å². The van der Waals surface area contributed by atoms with Gasteiger partial charge in [-0.1, -0.05) is 6.07 Å². The summed E-state index contributed by atoms with van der Waals surface area (Å²) in [6.45, 7) is 0. The van der Waals surface area contributed by atoms with E-state index in [1.54, 1.807) is 25.6 Å². The van der Waals surface area contributed by atoms with Crippen molar-refractivity contribution in [3.63, 3.8) is 0 Å². The van der Waals surface area contributed by atoms with Gasteiger partial charge >= 0.3 is 0 Å². The van der Waals surface area contributed by atoms with Crippen LogP contribution in [0.3, 0.4) is 0 Å². The predicted octanol–water partition coefficient (Wildman–Crippen LogP) is 2.27. The number of hydrogen-bond donors (Lipinski definition) is 1. The molecule has 1 aromatic carbocycles. The van der Waals surface area contributed by atoms with E-state index in [0.29, 0.717) is 0 Å². The molecule has 2 N–H and O–H groups in total. The summed E-state index contributed by atoms with van der Waals surface area (Å²) in [5.74, 6) is 1.47. The third-order valence-corrected chi connectivity index (χ3v) is 3.67. The number of hydrogen-bond acceptors (Lipinski definition) is 5. The van der Waals surface area contributed by atoms with E-state index in [1.807, 2.05) is 29.8 Å². The number of nitrogens with two attached hydrogens (primary N) is 1. The van der Waals surface area contributed by atoms with Gasteiger partial charge in [0.2, 0.25) is 0 Å². The van der Waals surface area contributed by atoms with E-state index in [2.05, 4.69) is 4.98 Å². The molecule has 4 nitrogen and oxygen atoms in total. The van der Waals surface area contributed by atoms with Crippen molar-refractivity contribution in [3.8, 4) is 11.5 Å². The van der Waals surface area contributed by atoms with Gasteiger partial charge < -0.3 is 15.2 Å². The molecule has 2 rings (SSSR count). The second-order valence-corrected chi connectivity index (χ2v) is 5.26. The van der Waals surface area contributed by atoms with Gasteiger partial charge in [0.05, 0.1) is 19.2 Å². The van der Waals surface area contributed by atoms with Crippen LogP contribution in [0, 0.1) is 0 Å². The van der Waals surface area contributed by atoms with Gasteiger partial charge in [-0.25, -0.2) is 4.98 Å². The predicted molar refractivity (Wildman–Crippen MR) is 77.0 cm³/mol. The van der Waals surface area contributed by atoms with E-state index >= 15 is 0 Å². The molecule has 1 atom stereocenters. The minimum absolute atomic E-state index is 0.0595. The van der Waals surface area contributed by atoms with Crippen LogP contribution in [-0.4, -0.2) is 25.2 Å². The second kappa shape index (κ2) is 6.54. The van der Waals surface area contributed by atoms with E-state index in [9.17, 15) is 0 Å². The molecule has 0 aliphatic rings. The fourth-order valence-electron chi connectivity index (χ4n) is 1.96. The summed E-state index contributed by atoms with van der Waals surface area (Å²) < 4.78 is 10.5. The van der Waals surface area contributed by atoms with Gasteiger partial charge in [0.25, 0.3) is 0 Å². The number of rotatable bonds is 6. The van der Waals surface area contributed by atoms with Crippen molar-refractivity contribution < 1.29 is 9.47 Å². The van der Waals surface area contributed by atoms with Crippen molar-refractivity contribution in [2.45, 2.75) is 18.9 Å². The molecule has 0 fully saturated rings. The monoisotopic (exact) mass is 278 g/mol. The zero-order valence-corrected chi connectivity index (χ0v) is 11.9. The van der Waals surface area contributed by atoms with Crippen LogP contribution in [0.4, 0.5) is 0 Å². The van der Waals surface area contributed by atoms with E-state index < -0.39 is 0 Å². The van der Waals surface area contributed by atoms with Crippen molar-refractivity contribution in [3.05, 3.63) is 40.3 Å². The minimum atomic E-state index is 0.0595. The highest BCUT2D eigenvalue weighted by Gasteiger charge is 2.10. The molecule has 1 unspecified atom stereocenters. The number of ether oxygens (including phenoxy) is 2. The Hall–Kier alpha value is -1.59. The van der Waals surface area contributed by atoms with Crippen LogP contribution in [-0.2, 0) is 12.8 Å². The molecule has 0 spiro atoms. The summed E-state index contributed by atoms with van der Waals surface area (Å²) in [6, 6.07) is 5.96. The number of aromatic nitrogens is 1. The molecular formula is C14H18N2O2S. The molecule has 0 aliphatic carbocycles. The van der Waals surface area contributed by atoms with E-state index in [1.165, 1.54) is 0 Å². The Balaban J connectivity index is 2.02. The Morgan fingerprint density at radius 3 is 2.63 bits per heavy atom. The standard InChI is InChI=1S/C14H18N2O2S/c1-17-12-4-3-10(8-13(12)18-2)7-11(15)9-14-16-5-6-19-14/h3-6,8,11H,7,9,15H2,1-2H3. The first kappa shape index (κ1) is 13.8. The first-order chi connectivity index (χ1) is 9.22. The third kappa shape index (κ3) is 3.68. The summed E-state index contributed by atoms with van der Waals surface area (Å²) in [5, 5.41) is 3.05. The number of thiazole rings is 1. The number of methoxy groups -OCH3 is 2. The van der Waals surface area contributed by atoms with Crippen molar-refractivity contribution in [1.82, 2.24) is 4.98 Å². The van der Waals surface area contributed by atoms with Crippen molar-refractivity contribution in [1.29, 1.82) is 0 Å². The Kier molecular flexibility index (Phi) is 4.76. The van der Waals surface area contributed by atoms with Gasteiger partial charge in [0.1, 0.15) is 0 Å². The van der Waals surface area contributed by atoms with Gasteiger partial charge in [-0.15, -0.1) is 11.3 Å². The topological polar surface area (TPSA) is 57.4 Å². The lowest BCUT2D eigenvalue weighted by molar-refractivity contribution is 0.354. The first-order valence-electron chi connectivity index (χ1n) is 6.07. The SMILES string of the molecule is COc1ccc(CC(N)Cc2nccs2)cc1OC. The lowest BCUT2D eigenvalue weighted by Gasteiger charge is -2.13. The lowest BCUT2D eigenvalue weighted by atomic mass is 10.0. The Labute approximate surface area is 117 Å². The summed E-state index contributed by atoms with van der Waals surface area (Å²) in [5.41, 5.74) is 7.29. The van der Waals surface area contributed by atoms with Gasteiger partial charge in [-0.2, -0.15) is 0 Å². The molecule has 2 aromatic rings. The molecule has 0 radical (unpaired) electrons. The van der Waals surface area contributed by atoms with Crippen LogP contribution in [0.1, 0.15) is 10.6 Å². The summed E-state index contributed by atoms with van der Waals surface area (Å²) in [7, 11) is 3.27. The largest absolute Gasteiger partial charge is 0.493 e. The van der Waals surface area contributed by atoms with Crippen molar-refractivity contribution >= 4 is 11.3 Å². The van der Waals surface area contributed by atoms with Gasteiger partial charge in [0, 0.05) is 24.0 Å². The van der Waals surface area contributed by atoms with Gasteiger partial charge in [0.15, 0.2) is 11.5 Å². The molecule has 102 valence electrons. The zero-order valence-electron chi connectivity index (χ0n) is 11.1. The average Bonchev–Trinajstić information content (AvgIpc) is 2.91. The number of benzene rings is 1. The Morgan fingerprint density at radius 2 is 2.00 bits per heavy atom. The molecule has 0 bridgehead atoms. The van der Waals surface area contributed by atoms with Crippen LogP contribution in [0.5, 0.6) is 11.5 Å². The quantitative estimate of drug-likeness (QED) is 0.880. The minimum Gasteiger partial charge on any atom is -0.493 e. The van der Waals surface area contributed by atoms with E-state index in [-0.39, 0.29) is 6.04 Å². The summed E-state index contributed by atoms with van der Waals surface area (Å²) >= 11 is 1.64. The Morgan fingerprint density at radius 1 is 1.21 bits per heavy atom. The highest BCUT2D eigenvalue weighted by molar-refractivity contribution is 7.09. The van der Waals surface area contributed by atoms with Crippen LogP contribution >= 0.6 is 11.3 Å². The molecule has 1 aromatic heterocycles. The van der Waals surface area contributed by atoms with Gasteiger partial charge in [-0.3, -0.25) is 0 Å². The molecule has 0 aliphatic heterocycles. The van der Waals surface area contributed by atoms with E-state index in [0.717, 1.165) is 34.9 Å². The molecule has 1 heterocycles. The Bertz CT molecular complexity index is 514. The summed E-state index contributed by atoms with van der Waals surface area (Å²) in [4.78, 5) is 4.25. The maximum Gasteiger partial charge on any atom is 0.160 e. The highest BCUT2D eigenvalue weighted by atomic mass is 32.1. The highest BCUT2D eigenvalue weighted by Crippen LogP contribution is 2.28. The lowest BCUT2D eigenvalue weighted by Crippen LogP contribution is -2.25. The molecule has 19 heavy (non-hydrogen) atoms. The second-order valence-electron chi connectivity index (χ2n) is 4.28.